The Morgan fingerprint density at radius 3 is 1.65 bits per heavy atom. The van der Waals surface area contributed by atoms with Crippen molar-refractivity contribution in [2.45, 2.75) is 12.5 Å². The number of hydrogen-bond acceptors (Lipinski definition) is 8. The predicted octanol–water partition coefficient (Wildman–Crippen LogP) is 10.5. The zero-order chi connectivity index (χ0) is 33.2. The number of benzene rings is 3. The highest BCUT2D eigenvalue weighted by Crippen LogP contribution is 2.45. The fourth-order valence-electron chi connectivity index (χ4n) is 6.94. The molecule has 246 valence electrons. The van der Waals surface area contributed by atoms with Crippen molar-refractivity contribution in [3.63, 3.8) is 0 Å². The largest absolute Gasteiger partial charge is 0.355 e. The Labute approximate surface area is 311 Å². The monoisotopic (exact) mass is 808 g/mol. The van der Waals surface area contributed by atoms with Gasteiger partial charge in [0.05, 0.1) is 16.8 Å². The van der Waals surface area contributed by atoms with E-state index < -0.39 is 0 Å². The van der Waals surface area contributed by atoms with Gasteiger partial charge in [0.1, 0.15) is 34.0 Å². The number of thiophene rings is 2. The number of hydrogen-bond donors (Lipinski definition) is 0. The van der Waals surface area contributed by atoms with Crippen molar-refractivity contribution in [3.8, 4) is 22.3 Å². The lowest BCUT2D eigenvalue weighted by molar-refractivity contribution is 0.454. The van der Waals surface area contributed by atoms with E-state index in [0.717, 1.165) is 63.9 Å². The number of halogens is 2. The third-order valence-electron chi connectivity index (χ3n) is 9.41. The number of anilines is 2. The zero-order valence-electron chi connectivity index (χ0n) is 26.7. The van der Waals surface area contributed by atoms with Gasteiger partial charge in [-0.25, -0.2) is 19.9 Å². The van der Waals surface area contributed by atoms with E-state index in [-0.39, 0.29) is 0 Å². The molecule has 2 aliphatic rings. The van der Waals surface area contributed by atoms with E-state index in [2.05, 4.69) is 152 Å². The summed E-state index contributed by atoms with van der Waals surface area (Å²) in [5.74, 6) is 3.47. The minimum absolute atomic E-state index is 0.338. The van der Waals surface area contributed by atoms with Crippen LogP contribution in [0.15, 0.2) is 114 Å². The molecule has 10 heteroatoms. The van der Waals surface area contributed by atoms with E-state index in [9.17, 15) is 0 Å². The van der Waals surface area contributed by atoms with Crippen LogP contribution in [0.2, 0.25) is 0 Å². The Hall–Kier alpha value is -3.70. The normalized spacial score (nSPS) is 17.7. The van der Waals surface area contributed by atoms with Gasteiger partial charge in [-0.3, -0.25) is 0 Å². The van der Waals surface area contributed by atoms with Gasteiger partial charge >= 0.3 is 0 Å². The smallest absolute Gasteiger partial charge is 0.141 e. The first-order valence-corrected chi connectivity index (χ1v) is 20.5. The van der Waals surface area contributed by atoms with Gasteiger partial charge in [-0.1, -0.05) is 123 Å². The molecule has 4 aromatic heterocycles. The predicted molar refractivity (Wildman–Crippen MR) is 214 cm³/mol. The Morgan fingerprint density at radius 2 is 1.10 bits per heavy atom. The minimum atomic E-state index is 0.338. The van der Waals surface area contributed by atoms with Crippen LogP contribution in [0, 0.1) is 11.8 Å². The summed E-state index contributed by atoms with van der Waals surface area (Å²) in [7, 11) is 0. The molecule has 0 aliphatic carbocycles. The molecular weight excluding hydrogens is 776 g/mol. The van der Waals surface area contributed by atoms with Gasteiger partial charge in [0.15, 0.2) is 0 Å². The van der Waals surface area contributed by atoms with Crippen molar-refractivity contribution in [3.05, 3.63) is 120 Å². The van der Waals surface area contributed by atoms with Crippen molar-refractivity contribution in [1.82, 2.24) is 19.9 Å². The average molecular weight is 811 g/mol. The molecule has 7 aromatic rings. The number of fused-ring (bicyclic) bond motifs is 2. The Kier molecular flexibility index (Phi) is 9.72. The second-order valence-electron chi connectivity index (χ2n) is 12.5. The molecule has 2 unspecified atom stereocenters. The van der Waals surface area contributed by atoms with E-state index in [1.807, 2.05) is 6.07 Å². The second kappa shape index (κ2) is 14.6. The van der Waals surface area contributed by atoms with Crippen LogP contribution >= 0.6 is 54.5 Å². The van der Waals surface area contributed by atoms with Crippen molar-refractivity contribution in [1.29, 1.82) is 0 Å². The van der Waals surface area contributed by atoms with Crippen LogP contribution < -0.4 is 9.80 Å². The maximum Gasteiger partial charge on any atom is 0.141 e. The number of aromatic nitrogens is 4. The SMILES string of the molecule is BrCC1CC(c2ccccc2)N(c2ncnc3scc(-c4ccccc4)c23)C1.BrCC1CN(c2ncnc3scc(-c4ccccc4)c23)C1. The summed E-state index contributed by atoms with van der Waals surface area (Å²) in [4.78, 5) is 25.3. The van der Waals surface area contributed by atoms with E-state index in [4.69, 9.17) is 4.98 Å². The van der Waals surface area contributed by atoms with E-state index in [1.165, 1.54) is 38.6 Å². The van der Waals surface area contributed by atoms with Gasteiger partial charge in [0.2, 0.25) is 0 Å². The van der Waals surface area contributed by atoms with Crippen molar-refractivity contribution < 1.29 is 0 Å². The molecular formula is C39H34Br2N6S2. The topological polar surface area (TPSA) is 58.0 Å². The molecule has 0 bridgehead atoms. The van der Waals surface area contributed by atoms with Crippen LogP contribution in [0.25, 0.3) is 42.7 Å². The molecule has 0 amide bonds. The summed E-state index contributed by atoms with van der Waals surface area (Å²) in [6.45, 7) is 3.14. The molecule has 6 heterocycles. The number of nitrogens with zero attached hydrogens (tertiary/aromatic N) is 6. The van der Waals surface area contributed by atoms with Gasteiger partial charge in [0.25, 0.3) is 0 Å². The third kappa shape index (κ3) is 6.52. The molecule has 6 nitrogen and oxygen atoms in total. The fourth-order valence-corrected chi connectivity index (χ4v) is 9.64. The highest BCUT2D eigenvalue weighted by molar-refractivity contribution is 9.09. The summed E-state index contributed by atoms with van der Waals surface area (Å²) in [5, 5.41) is 8.85. The molecule has 2 fully saturated rings. The Bertz CT molecular complexity index is 2150. The van der Waals surface area contributed by atoms with Gasteiger partial charge in [0, 0.05) is 58.1 Å². The maximum absolute atomic E-state index is 4.80. The third-order valence-corrected chi connectivity index (χ3v) is 13.0. The summed E-state index contributed by atoms with van der Waals surface area (Å²) in [6.07, 6.45) is 4.53. The van der Waals surface area contributed by atoms with Crippen molar-refractivity contribution >= 4 is 86.6 Å². The van der Waals surface area contributed by atoms with Crippen LogP contribution in [-0.4, -0.2) is 50.2 Å². The molecule has 9 rings (SSSR count). The van der Waals surface area contributed by atoms with Crippen LogP contribution in [0.3, 0.4) is 0 Å². The second-order valence-corrected chi connectivity index (χ2v) is 15.6. The Balaban J connectivity index is 0.000000148. The van der Waals surface area contributed by atoms with Gasteiger partial charge < -0.3 is 9.80 Å². The van der Waals surface area contributed by atoms with Crippen molar-refractivity contribution in [2.75, 3.05) is 40.1 Å². The molecule has 49 heavy (non-hydrogen) atoms. The lowest BCUT2D eigenvalue weighted by atomic mass is 10.0. The summed E-state index contributed by atoms with van der Waals surface area (Å²) < 4.78 is 0. The molecule has 2 aliphatic heterocycles. The van der Waals surface area contributed by atoms with E-state index in [0.29, 0.717) is 12.0 Å². The molecule has 0 radical (unpaired) electrons. The first kappa shape index (κ1) is 32.5. The van der Waals surface area contributed by atoms with Crippen LogP contribution in [0.4, 0.5) is 11.6 Å². The first-order chi connectivity index (χ1) is 24.2. The van der Waals surface area contributed by atoms with E-state index in [1.54, 1.807) is 35.3 Å². The van der Waals surface area contributed by atoms with Crippen LogP contribution in [0.5, 0.6) is 0 Å². The highest BCUT2D eigenvalue weighted by atomic mass is 79.9. The van der Waals surface area contributed by atoms with Gasteiger partial charge in [-0.15, -0.1) is 22.7 Å². The molecule has 0 spiro atoms. The summed E-state index contributed by atoms with van der Waals surface area (Å²) in [6, 6.07) is 32.2. The average Bonchev–Trinajstić information content (AvgIpc) is 3.90. The maximum atomic E-state index is 4.80. The first-order valence-electron chi connectivity index (χ1n) is 16.5. The molecule has 0 saturated carbocycles. The number of alkyl halides is 2. The quantitative estimate of drug-likeness (QED) is 0.150. The van der Waals surface area contributed by atoms with Gasteiger partial charge in [-0.2, -0.15) is 0 Å². The van der Waals surface area contributed by atoms with Crippen molar-refractivity contribution in [2.24, 2.45) is 11.8 Å². The standard InChI is InChI=1S/C23H20BrN3S.C16H14BrN3S/c24-12-16-11-20(18-9-5-2-6-10-18)27(13-16)22-21-19(17-7-3-1-4-8-17)14-28-23(21)26-15-25-22;17-6-11-7-20(8-11)15-14-13(12-4-2-1-3-5-12)9-21-16(14)19-10-18-15/h1-10,14-16,20H,11-13H2;1-5,9-11H,6-8H2. The molecule has 2 saturated heterocycles. The highest BCUT2D eigenvalue weighted by Gasteiger charge is 2.35. The number of rotatable bonds is 7. The zero-order valence-corrected chi connectivity index (χ0v) is 31.5. The summed E-state index contributed by atoms with van der Waals surface area (Å²) >= 11 is 10.7. The van der Waals surface area contributed by atoms with Gasteiger partial charge in [-0.05, 0) is 29.0 Å². The minimum Gasteiger partial charge on any atom is -0.355 e. The molecule has 3 aromatic carbocycles. The fraction of sp³-hybridized carbons (Fsp3) is 0.231. The summed E-state index contributed by atoms with van der Waals surface area (Å²) in [5.41, 5.74) is 6.28. The molecule has 0 N–H and O–H groups in total. The Morgan fingerprint density at radius 1 is 0.592 bits per heavy atom. The van der Waals surface area contributed by atoms with E-state index >= 15 is 0 Å². The molecule has 2 atom stereocenters. The van der Waals surface area contributed by atoms with Crippen LogP contribution in [-0.2, 0) is 0 Å². The lowest BCUT2D eigenvalue weighted by Crippen LogP contribution is -2.48. The lowest BCUT2D eigenvalue weighted by Gasteiger charge is -2.39. The van der Waals surface area contributed by atoms with Crippen LogP contribution in [0.1, 0.15) is 18.0 Å².